The van der Waals surface area contributed by atoms with Gasteiger partial charge in [0.05, 0.1) is 22.9 Å². The van der Waals surface area contributed by atoms with Gasteiger partial charge in [0.2, 0.25) is 0 Å². The van der Waals surface area contributed by atoms with E-state index in [9.17, 15) is 0 Å². The summed E-state index contributed by atoms with van der Waals surface area (Å²) in [5.74, 6) is 0.456. The van der Waals surface area contributed by atoms with E-state index in [0.717, 1.165) is 0 Å². The van der Waals surface area contributed by atoms with E-state index in [0.29, 0.717) is 34.0 Å². The molecule has 17 heavy (non-hydrogen) atoms. The van der Waals surface area contributed by atoms with Crippen LogP contribution in [0, 0.1) is 0 Å². The third kappa shape index (κ3) is 3.28. The Bertz CT molecular complexity index is 476. The second-order valence-corrected chi connectivity index (χ2v) is 4.60. The van der Waals surface area contributed by atoms with Crippen LogP contribution in [0.15, 0.2) is 30.9 Å². The van der Waals surface area contributed by atoms with Crippen molar-refractivity contribution in [1.29, 1.82) is 0 Å². The van der Waals surface area contributed by atoms with E-state index in [-0.39, 0.29) is 0 Å². The van der Waals surface area contributed by atoms with Gasteiger partial charge in [0.25, 0.3) is 0 Å². The van der Waals surface area contributed by atoms with Crippen LogP contribution < -0.4 is 4.74 Å². The molecule has 0 aliphatic heterocycles. The lowest BCUT2D eigenvalue weighted by molar-refractivity contribution is 0.298. The smallest absolute Gasteiger partial charge is 0.156 e. The van der Waals surface area contributed by atoms with Crippen LogP contribution in [0.3, 0.4) is 0 Å². The van der Waals surface area contributed by atoms with Crippen LogP contribution in [-0.4, -0.2) is 16.2 Å². The molecule has 0 radical (unpaired) electrons. The predicted molar refractivity (Wildman–Crippen MR) is 69.2 cm³/mol. The Morgan fingerprint density at radius 3 is 2.47 bits per heavy atom. The first-order chi connectivity index (χ1) is 8.16. The lowest BCUT2D eigenvalue weighted by atomic mass is 10.3. The van der Waals surface area contributed by atoms with E-state index in [2.05, 4.69) is 4.98 Å². The van der Waals surface area contributed by atoms with Crippen LogP contribution in [0.5, 0.6) is 5.75 Å². The highest BCUT2D eigenvalue weighted by molar-refractivity contribution is 6.40. The van der Waals surface area contributed by atoms with Gasteiger partial charge in [-0.3, -0.25) is 0 Å². The fourth-order valence-corrected chi connectivity index (χ4v) is 2.27. The number of aromatic nitrogens is 2. The summed E-state index contributed by atoms with van der Waals surface area (Å²) >= 11 is 17.8. The van der Waals surface area contributed by atoms with E-state index in [1.165, 1.54) is 0 Å². The van der Waals surface area contributed by atoms with Crippen LogP contribution in [-0.2, 0) is 6.54 Å². The van der Waals surface area contributed by atoms with Gasteiger partial charge in [-0.25, -0.2) is 4.98 Å². The molecule has 1 aromatic heterocycles. The lowest BCUT2D eigenvalue weighted by Gasteiger charge is -2.10. The van der Waals surface area contributed by atoms with Crippen molar-refractivity contribution in [2.75, 3.05) is 6.61 Å². The molecule has 0 fully saturated rings. The minimum absolute atomic E-state index is 0.410. The molecule has 0 aliphatic rings. The van der Waals surface area contributed by atoms with Gasteiger partial charge in [-0.1, -0.05) is 34.8 Å². The van der Waals surface area contributed by atoms with Crippen molar-refractivity contribution in [3.8, 4) is 5.75 Å². The standard InChI is InChI=1S/C11H9Cl3N2O/c12-8-5-9(13)11(10(14)6-8)17-4-3-16-2-1-15-7-16/h1-2,5-7H,3-4H2. The first kappa shape index (κ1) is 12.6. The molecule has 6 heteroatoms. The Morgan fingerprint density at radius 1 is 1.18 bits per heavy atom. The van der Waals surface area contributed by atoms with Crippen molar-refractivity contribution >= 4 is 34.8 Å². The Balaban J connectivity index is 1.99. The summed E-state index contributed by atoms with van der Waals surface area (Å²) in [6, 6.07) is 3.20. The number of rotatable bonds is 4. The topological polar surface area (TPSA) is 27.1 Å². The highest BCUT2D eigenvalue weighted by Crippen LogP contribution is 2.35. The predicted octanol–water partition coefficient (Wildman–Crippen LogP) is 3.92. The van der Waals surface area contributed by atoms with Crippen molar-refractivity contribution in [2.24, 2.45) is 0 Å². The number of imidazole rings is 1. The van der Waals surface area contributed by atoms with Crippen molar-refractivity contribution < 1.29 is 4.74 Å². The molecule has 1 aromatic carbocycles. The number of hydrogen-bond donors (Lipinski definition) is 0. The average Bonchev–Trinajstić information content (AvgIpc) is 2.74. The van der Waals surface area contributed by atoms with E-state index >= 15 is 0 Å². The van der Waals surface area contributed by atoms with E-state index in [1.54, 1.807) is 24.7 Å². The van der Waals surface area contributed by atoms with Gasteiger partial charge >= 0.3 is 0 Å². The molecule has 2 aromatic rings. The number of hydrogen-bond acceptors (Lipinski definition) is 2. The van der Waals surface area contributed by atoms with Crippen LogP contribution in [0.1, 0.15) is 0 Å². The van der Waals surface area contributed by atoms with Gasteiger partial charge in [-0.15, -0.1) is 0 Å². The Morgan fingerprint density at radius 2 is 1.88 bits per heavy atom. The molecule has 90 valence electrons. The summed E-state index contributed by atoms with van der Waals surface area (Å²) in [4.78, 5) is 3.93. The monoisotopic (exact) mass is 290 g/mol. The fourth-order valence-electron chi connectivity index (χ4n) is 1.34. The summed E-state index contributed by atoms with van der Waals surface area (Å²) in [7, 11) is 0. The van der Waals surface area contributed by atoms with Crippen molar-refractivity contribution in [1.82, 2.24) is 9.55 Å². The SMILES string of the molecule is Clc1cc(Cl)c(OCCn2ccnc2)c(Cl)c1. The quantitative estimate of drug-likeness (QED) is 0.853. The summed E-state index contributed by atoms with van der Waals surface area (Å²) in [6.07, 6.45) is 5.28. The third-order valence-corrected chi connectivity index (χ3v) is 2.90. The molecule has 0 N–H and O–H groups in total. The summed E-state index contributed by atoms with van der Waals surface area (Å²) < 4.78 is 7.43. The molecule has 0 saturated carbocycles. The minimum Gasteiger partial charge on any atom is -0.489 e. The van der Waals surface area contributed by atoms with E-state index in [4.69, 9.17) is 39.5 Å². The largest absolute Gasteiger partial charge is 0.489 e. The van der Waals surface area contributed by atoms with Gasteiger partial charge < -0.3 is 9.30 Å². The van der Waals surface area contributed by atoms with Gasteiger partial charge in [-0.05, 0) is 12.1 Å². The molecule has 0 amide bonds. The second-order valence-electron chi connectivity index (χ2n) is 3.35. The highest BCUT2D eigenvalue weighted by atomic mass is 35.5. The van der Waals surface area contributed by atoms with Gasteiger partial charge in [0, 0.05) is 17.4 Å². The van der Waals surface area contributed by atoms with Crippen molar-refractivity contribution in [3.63, 3.8) is 0 Å². The molecule has 2 rings (SSSR count). The molecule has 0 atom stereocenters. The first-order valence-corrected chi connectivity index (χ1v) is 6.03. The van der Waals surface area contributed by atoms with Gasteiger partial charge in [0.15, 0.2) is 5.75 Å². The van der Waals surface area contributed by atoms with Crippen LogP contribution >= 0.6 is 34.8 Å². The molecule has 0 bridgehead atoms. The molecule has 0 saturated heterocycles. The number of benzene rings is 1. The maximum atomic E-state index is 5.98. The Hall–Kier alpha value is -0.900. The highest BCUT2D eigenvalue weighted by Gasteiger charge is 2.08. The molecule has 3 nitrogen and oxygen atoms in total. The number of ether oxygens (including phenoxy) is 1. The molecular weight excluding hydrogens is 282 g/mol. The van der Waals surface area contributed by atoms with Crippen molar-refractivity contribution in [3.05, 3.63) is 45.9 Å². The molecule has 0 aliphatic carbocycles. The third-order valence-electron chi connectivity index (χ3n) is 2.12. The second kappa shape index (κ2) is 5.63. The summed E-state index contributed by atoms with van der Waals surface area (Å²) in [5, 5.41) is 1.31. The number of nitrogens with zero attached hydrogens (tertiary/aromatic N) is 2. The zero-order valence-corrected chi connectivity index (χ0v) is 11.0. The van der Waals surface area contributed by atoms with Crippen LogP contribution in [0.25, 0.3) is 0 Å². The molecular formula is C11H9Cl3N2O. The van der Waals surface area contributed by atoms with Crippen LogP contribution in [0.2, 0.25) is 15.1 Å². The van der Waals surface area contributed by atoms with Gasteiger partial charge in [-0.2, -0.15) is 0 Å². The Kier molecular flexibility index (Phi) is 4.15. The summed E-state index contributed by atoms with van der Waals surface area (Å²) in [6.45, 7) is 1.13. The molecule has 0 spiro atoms. The minimum atomic E-state index is 0.410. The normalized spacial score (nSPS) is 10.5. The average molecular weight is 292 g/mol. The van der Waals surface area contributed by atoms with E-state index < -0.39 is 0 Å². The molecule has 1 heterocycles. The zero-order chi connectivity index (χ0) is 12.3. The van der Waals surface area contributed by atoms with E-state index in [1.807, 2.05) is 10.8 Å². The summed E-state index contributed by atoms with van der Waals surface area (Å²) in [5.41, 5.74) is 0. The fraction of sp³-hybridized carbons (Fsp3) is 0.182. The molecule has 0 unspecified atom stereocenters. The maximum absolute atomic E-state index is 5.98. The van der Waals surface area contributed by atoms with Crippen molar-refractivity contribution in [2.45, 2.75) is 6.54 Å². The first-order valence-electron chi connectivity index (χ1n) is 4.90. The Labute approximate surface area is 114 Å². The van der Waals surface area contributed by atoms with Crippen LogP contribution in [0.4, 0.5) is 0 Å². The maximum Gasteiger partial charge on any atom is 0.156 e. The number of halogens is 3. The van der Waals surface area contributed by atoms with Gasteiger partial charge in [0.1, 0.15) is 6.61 Å². The lowest BCUT2D eigenvalue weighted by Crippen LogP contribution is -2.07. The zero-order valence-electron chi connectivity index (χ0n) is 8.74.